The van der Waals surface area contributed by atoms with E-state index in [0.29, 0.717) is 24.5 Å². The number of methoxy groups -OCH3 is 1. The molecule has 1 heterocycles. The maximum absolute atomic E-state index is 12.2. The lowest BCUT2D eigenvalue weighted by atomic mass is 9.94. The van der Waals surface area contributed by atoms with Crippen LogP contribution in [0.3, 0.4) is 0 Å². The van der Waals surface area contributed by atoms with E-state index in [4.69, 9.17) is 0 Å². The molecule has 0 spiro atoms. The highest BCUT2D eigenvalue weighted by Gasteiger charge is 2.33. The van der Waals surface area contributed by atoms with E-state index in [9.17, 15) is 14.7 Å². The Hall–Kier alpha value is -0.940. The minimum atomic E-state index is -0.250. The number of ketones is 1. The molecule has 1 N–H and O–H groups in total. The van der Waals surface area contributed by atoms with Crippen LogP contribution in [-0.4, -0.2) is 54.1 Å². The number of esters is 1. The van der Waals surface area contributed by atoms with Crippen molar-refractivity contribution in [3.05, 3.63) is 0 Å². The molecule has 0 radical (unpaired) electrons. The second-order valence-corrected chi connectivity index (χ2v) is 7.52. The predicted octanol–water partition coefficient (Wildman–Crippen LogP) is 3.33. The topological polar surface area (TPSA) is 66.8 Å². The van der Waals surface area contributed by atoms with Gasteiger partial charge in [0.15, 0.2) is 5.78 Å². The molecule has 1 aliphatic heterocycles. The number of carbonyl (C=O) groups is 2. The lowest BCUT2D eigenvalue weighted by Gasteiger charge is -2.26. The van der Waals surface area contributed by atoms with Crippen molar-refractivity contribution >= 4 is 11.8 Å². The first-order valence-corrected chi connectivity index (χ1v) is 9.99. The Morgan fingerprint density at radius 1 is 1.28 bits per heavy atom. The molecule has 0 bridgehead atoms. The molecule has 1 unspecified atom stereocenters. The molecule has 0 aromatic heterocycles. The molecule has 1 saturated heterocycles. The smallest absolute Gasteiger partial charge is 0.305 e. The van der Waals surface area contributed by atoms with Gasteiger partial charge in [-0.25, -0.2) is 0 Å². The largest absolute Gasteiger partial charge is 0.469 e. The number of unbranched alkanes of at least 4 members (excludes halogenated alkanes) is 2. The van der Waals surface area contributed by atoms with Gasteiger partial charge in [-0.15, -0.1) is 0 Å². The molecule has 0 aromatic carbocycles. The van der Waals surface area contributed by atoms with Crippen molar-refractivity contribution < 1.29 is 19.4 Å². The van der Waals surface area contributed by atoms with Crippen molar-refractivity contribution in [3.63, 3.8) is 0 Å². The highest BCUT2D eigenvalue weighted by atomic mass is 16.5. The number of rotatable bonds is 13. The summed E-state index contributed by atoms with van der Waals surface area (Å²) >= 11 is 0. The molecule has 1 fully saturated rings. The summed E-state index contributed by atoms with van der Waals surface area (Å²) in [6.07, 6.45) is 8.47. The molecule has 1 rings (SSSR count). The fourth-order valence-electron chi connectivity index (χ4n) is 3.61. The monoisotopic (exact) mass is 355 g/mol. The fourth-order valence-corrected chi connectivity index (χ4v) is 3.61. The highest BCUT2D eigenvalue weighted by molar-refractivity contribution is 5.86. The average molecular weight is 356 g/mol. The SMILES string of the molecule is CCCCC[C@@H](O)CCN1CCC(=O)[C@@H]1CC(C)CCCC(=O)OC. The maximum atomic E-state index is 12.2. The summed E-state index contributed by atoms with van der Waals surface area (Å²) in [5.74, 6) is 0.580. The van der Waals surface area contributed by atoms with E-state index < -0.39 is 0 Å². The third-order valence-corrected chi connectivity index (χ3v) is 5.28. The second-order valence-electron chi connectivity index (χ2n) is 7.52. The minimum Gasteiger partial charge on any atom is -0.469 e. The number of aliphatic hydroxyl groups excluding tert-OH is 1. The Morgan fingerprint density at radius 2 is 2.04 bits per heavy atom. The summed E-state index contributed by atoms with van der Waals surface area (Å²) in [5, 5.41) is 10.1. The van der Waals surface area contributed by atoms with Gasteiger partial charge in [-0.3, -0.25) is 14.5 Å². The van der Waals surface area contributed by atoms with Crippen molar-refractivity contribution in [1.82, 2.24) is 4.90 Å². The summed E-state index contributed by atoms with van der Waals surface area (Å²) < 4.78 is 4.66. The van der Waals surface area contributed by atoms with Crippen LogP contribution in [0.25, 0.3) is 0 Å². The van der Waals surface area contributed by atoms with E-state index in [1.807, 2.05) is 0 Å². The molecule has 0 aromatic rings. The van der Waals surface area contributed by atoms with Crippen LogP contribution in [0.5, 0.6) is 0 Å². The van der Waals surface area contributed by atoms with Gasteiger partial charge < -0.3 is 9.84 Å². The van der Waals surface area contributed by atoms with Crippen LogP contribution >= 0.6 is 0 Å². The molecular weight excluding hydrogens is 318 g/mol. The predicted molar refractivity (Wildman–Crippen MR) is 99.4 cm³/mol. The van der Waals surface area contributed by atoms with Crippen molar-refractivity contribution in [2.75, 3.05) is 20.2 Å². The van der Waals surface area contributed by atoms with Crippen LogP contribution in [0.2, 0.25) is 0 Å². The average Bonchev–Trinajstić information content (AvgIpc) is 2.93. The lowest BCUT2D eigenvalue weighted by molar-refractivity contribution is -0.140. The van der Waals surface area contributed by atoms with Crippen molar-refractivity contribution in [3.8, 4) is 0 Å². The van der Waals surface area contributed by atoms with Crippen molar-refractivity contribution in [1.29, 1.82) is 0 Å². The standard InChI is InChI=1S/C20H37NO4/c1-4-5-6-9-17(22)11-13-21-14-12-19(23)18(21)15-16(2)8-7-10-20(24)25-3/h16-18,22H,4-15H2,1-3H3/t16?,17-,18+/m1/s1. The lowest BCUT2D eigenvalue weighted by Crippen LogP contribution is -2.36. The molecule has 3 atom stereocenters. The maximum Gasteiger partial charge on any atom is 0.305 e. The Labute approximate surface area is 153 Å². The van der Waals surface area contributed by atoms with E-state index in [0.717, 1.165) is 51.6 Å². The normalized spacial score (nSPS) is 20.6. The van der Waals surface area contributed by atoms with E-state index in [1.54, 1.807) is 0 Å². The summed E-state index contributed by atoms with van der Waals surface area (Å²) in [5.41, 5.74) is 0. The van der Waals surface area contributed by atoms with Crippen LogP contribution in [0.1, 0.15) is 78.1 Å². The number of aliphatic hydroxyl groups is 1. The van der Waals surface area contributed by atoms with Gasteiger partial charge in [0.25, 0.3) is 0 Å². The summed E-state index contributed by atoms with van der Waals surface area (Å²) in [6, 6.07) is -0.00373. The van der Waals surface area contributed by atoms with Gasteiger partial charge >= 0.3 is 5.97 Å². The summed E-state index contributed by atoms with van der Waals surface area (Å²) in [6.45, 7) is 5.94. The molecule has 0 aliphatic carbocycles. The molecule has 25 heavy (non-hydrogen) atoms. The molecule has 0 amide bonds. The number of Topliss-reactive ketones (excluding diaryl/α,β-unsaturated/α-hetero) is 1. The molecule has 5 heteroatoms. The van der Waals surface area contributed by atoms with Gasteiger partial charge in [0.2, 0.25) is 0 Å². The Kier molecular flexibility index (Phi) is 11.0. The third-order valence-electron chi connectivity index (χ3n) is 5.28. The quantitative estimate of drug-likeness (QED) is 0.405. The number of hydrogen-bond acceptors (Lipinski definition) is 5. The number of nitrogens with zero attached hydrogens (tertiary/aromatic N) is 1. The molecule has 5 nitrogen and oxygen atoms in total. The molecule has 146 valence electrons. The molecule has 1 aliphatic rings. The van der Waals surface area contributed by atoms with E-state index in [-0.39, 0.29) is 18.1 Å². The first-order valence-electron chi connectivity index (χ1n) is 9.99. The van der Waals surface area contributed by atoms with Gasteiger partial charge in [-0.05, 0) is 31.6 Å². The van der Waals surface area contributed by atoms with E-state index in [2.05, 4.69) is 23.5 Å². The zero-order valence-electron chi connectivity index (χ0n) is 16.3. The van der Waals surface area contributed by atoms with Crippen molar-refractivity contribution in [2.24, 2.45) is 5.92 Å². The Morgan fingerprint density at radius 3 is 2.72 bits per heavy atom. The fraction of sp³-hybridized carbons (Fsp3) is 0.900. The van der Waals surface area contributed by atoms with Crippen LogP contribution < -0.4 is 0 Å². The number of hydrogen-bond donors (Lipinski definition) is 1. The van der Waals surface area contributed by atoms with Crippen LogP contribution in [0.4, 0.5) is 0 Å². The van der Waals surface area contributed by atoms with E-state index >= 15 is 0 Å². The molecule has 0 saturated carbocycles. The zero-order valence-corrected chi connectivity index (χ0v) is 16.3. The minimum absolute atomic E-state index is 0.00373. The second kappa shape index (κ2) is 12.4. The number of carbonyl (C=O) groups excluding carboxylic acids is 2. The van der Waals surface area contributed by atoms with Gasteiger partial charge in [0.1, 0.15) is 0 Å². The van der Waals surface area contributed by atoms with Crippen LogP contribution in [0.15, 0.2) is 0 Å². The summed E-state index contributed by atoms with van der Waals surface area (Å²) in [7, 11) is 1.41. The van der Waals surface area contributed by atoms with Gasteiger partial charge in [0, 0.05) is 25.9 Å². The summed E-state index contributed by atoms with van der Waals surface area (Å²) in [4.78, 5) is 25.7. The van der Waals surface area contributed by atoms with Crippen molar-refractivity contribution in [2.45, 2.75) is 90.2 Å². The Balaban J connectivity index is 2.32. The number of ether oxygens (including phenoxy) is 1. The zero-order chi connectivity index (χ0) is 18.7. The van der Waals surface area contributed by atoms with Gasteiger partial charge in [0.05, 0.1) is 19.3 Å². The third kappa shape index (κ3) is 8.82. The van der Waals surface area contributed by atoms with Gasteiger partial charge in [-0.2, -0.15) is 0 Å². The first-order chi connectivity index (χ1) is 12.0. The van der Waals surface area contributed by atoms with Gasteiger partial charge in [-0.1, -0.05) is 39.5 Å². The molecular formula is C20H37NO4. The Bertz CT molecular complexity index is 399. The number of likely N-dealkylation sites (tertiary alicyclic amines) is 1. The first kappa shape index (κ1) is 22.1. The van der Waals surface area contributed by atoms with E-state index in [1.165, 1.54) is 20.0 Å². The van der Waals surface area contributed by atoms with Crippen LogP contribution in [0, 0.1) is 5.92 Å². The van der Waals surface area contributed by atoms with Crippen LogP contribution in [-0.2, 0) is 14.3 Å². The highest BCUT2D eigenvalue weighted by Crippen LogP contribution is 2.24.